The smallest absolute Gasteiger partial charge is 0.100 e. The van der Waals surface area contributed by atoms with E-state index in [0.717, 1.165) is 25.1 Å². The SMILES string of the molecule is CC#CCCNCc1cc(C#N)cs1. The van der Waals surface area contributed by atoms with E-state index < -0.39 is 0 Å². The van der Waals surface area contributed by atoms with Gasteiger partial charge >= 0.3 is 0 Å². The number of nitrogens with one attached hydrogen (secondary N) is 1. The van der Waals surface area contributed by atoms with Gasteiger partial charge < -0.3 is 5.32 Å². The highest BCUT2D eigenvalue weighted by molar-refractivity contribution is 7.10. The van der Waals surface area contributed by atoms with Gasteiger partial charge in [0.25, 0.3) is 0 Å². The molecule has 1 N–H and O–H groups in total. The Labute approximate surface area is 88.6 Å². The number of thiophene rings is 1. The fourth-order valence-electron chi connectivity index (χ4n) is 1.02. The van der Waals surface area contributed by atoms with Crippen LogP contribution in [0.1, 0.15) is 23.8 Å². The lowest BCUT2D eigenvalue weighted by Gasteiger charge is -1.97. The second kappa shape index (κ2) is 6.21. The van der Waals surface area contributed by atoms with Gasteiger partial charge in [-0.05, 0) is 13.0 Å². The maximum atomic E-state index is 8.61. The molecule has 3 heteroatoms. The average Bonchev–Trinajstić information content (AvgIpc) is 2.65. The highest BCUT2D eigenvalue weighted by Gasteiger charge is 1.97. The van der Waals surface area contributed by atoms with Crippen LogP contribution in [0.25, 0.3) is 0 Å². The van der Waals surface area contributed by atoms with Gasteiger partial charge in [0.2, 0.25) is 0 Å². The Morgan fingerprint density at radius 2 is 2.43 bits per heavy atom. The second-order valence-corrected chi connectivity index (χ2v) is 3.76. The molecule has 0 aliphatic heterocycles. The van der Waals surface area contributed by atoms with E-state index in [1.807, 2.05) is 18.4 Å². The molecule has 1 aromatic rings. The summed E-state index contributed by atoms with van der Waals surface area (Å²) < 4.78 is 0. The molecule has 0 atom stereocenters. The average molecular weight is 204 g/mol. The minimum Gasteiger partial charge on any atom is -0.311 e. The third-order valence-corrected chi connectivity index (χ3v) is 2.62. The zero-order valence-corrected chi connectivity index (χ0v) is 8.95. The Morgan fingerprint density at radius 3 is 3.07 bits per heavy atom. The van der Waals surface area contributed by atoms with Crippen LogP contribution in [0.3, 0.4) is 0 Å². The van der Waals surface area contributed by atoms with Crippen LogP contribution in [-0.2, 0) is 6.54 Å². The Morgan fingerprint density at radius 1 is 1.57 bits per heavy atom. The Kier molecular flexibility index (Phi) is 4.78. The zero-order chi connectivity index (χ0) is 10.2. The van der Waals surface area contributed by atoms with Gasteiger partial charge in [0.05, 0.1) is 5.56 Å². The Hall–Kier alpha value is -1.29. The van der Waals surface area contributed by atoms with Crippen LogP contribution in [0.2, 0.25) is 0 Å². The van der Waals surface area contributed by atoms with Crippen molar-refractivity contribution in [2.75, 3.05) is 6.54 Å². The van der Waals surface area contributed by atoms with Crippen LogP contribution in [0, 0.1) is 23.2 Å². The van der Waals surface area contributed by atoms with Gasteiger partial charge in [0, 0.05) is 29.8 Å². The van der Waals surface area contributed by atoms with Crippen LogP contribution >= 0.6 is 11.3 Å². The van der Waals surface area contributed by atoms with Gasteiger partial charge in [-0.15, -0.1) is 23.2 Å². The minimum absolute atomic E-state index is 0.750. The van der Waals surface area contributed by atoms with Crippen LogP contribution in [-0.4, -0.2) is 6.54 Å². The quantitative estimate of drug-likeness (QED) is 0.602. The summed E-state index contributed by atoms with van der Waals surface area (Å²) in [4.78, 5) is 1.20. The molecule has 1 rings (SSSR count). The van der Waals surface area contributed by atoms with Crippen molar-refractivity contribution in [3.05, 3.63) is 21.9 Å². The topological polar surface area (TPSA) is 35.8 Å². The first kappa shape index (κ1) is 10.8. The molecule has 1 heterocycles. The van der Waals surface area contributed by atoms with Crippen molar-refractivity contribution in [3.8, 4) is 17.9 Å². The van der Waals surface area contributed by atoms with E-state index in [2.05, 4.69) is 23.2 Å². The number of rotatable bonds is 4. The van der Waals surface area contributed by atoms with Crippen molar-refractivity contribution < 1.29 is 0 Å². The maximum absolute atomic E-state index is 8.61. The van der Waals surface area contributed by atoms with Gasteiger partial charge in [-0.2, -0.15) is 5.26 Å². The first-order chi connectivity index (χ1) is 6.86. The fourth-order valence-corrected chi connectivity index (χ4v) is 1.80. The van der Waals surface area contributed by atoms with Crippen molar-refractivity contribution in [1.82, 2.24) is 5.32 Å². The lowest BCUT2D eigenvalue weighted by atomic mass is 10.3. The second-order valence-electron chi connectivity index (χ2n) is 2.77. The minimum atomic E-state index is 0.750. The Bertz CT molecular complexity index is 376. The van der Waals surface area contributed by atoms with E-state index in [0.29, 0.717) is 0 Å². The van der Waals surface area contributed by atoms with Crippen LogP contribution in [0.5, 0.6) is 0 Å². The predicted molar refractivity (Wildman–Crippen MR) is 58.8 cm³/mol. The fraction of sp³-hybridized carbons (Fsp3) is 0.364. The van der Waals surface area contributed by atoms with E-state index in [9.17, 15) is 0 Å². The molecule has 1 aromatic heterocycles. The molecular weight excluding hydrogens is 192 g/mol. The van der Waals surface area contributed by atoms with Crippen LogP contribution in [0.15, 0.2) is 11.4 Å². The summed E-state index contributed by atoms with van der Waals surface area (Å²) >= 11 is 1.62. The summed E-state index contributed by atoms with van der Waals surface area (Å²) in [7, 11) is 0. The van der Waals surface area contributed by atoms with Crippen molar-refractivity contribution >= 4 is 11.3 Å². The number of hydrogen-bond donors (Lipinski definition) is 1. The van der Waals surface area contributed by atoms with Crippen molar-refractivity contribution in [3.63, 3.8) is 0 Å². The number of nitriles is 1. The van der Waals surface area contributed by atoms with Crippen molar-refractivity contribution in [1.29, 1.82) is 5.26 Å². The standard InChI is InChI=1S/C11H12N2S/c1-2-3-4-5-13-8-11-6-10(7-12)9-14-11/h6,9,13H,4-5,8H2,1H3. The first-order valence-corrected chi connectivity index (χ1v) is 5.32. The summed E-state index contributed by atoms with van der Waals surface area (Å²) in [6.07, 6.45) is 0.882. The molecule has 0 aliphatic rings. The molecule has 0 saturated carbocycles. The van der Waals surface area contributed by atoms with E-state index in [4.69, 9.17) is 5.26 Å². The van der Waals surface area contributed by atoms with Gasteiger partial charge in [-0.3, -0.25) is 0 Å². The van der Waals surface area contributed by atoms with E-state index in [-0.39, 0.29) is 0 Å². The van der Waals surface area contributed by atoms with Crippen molar-refractivity contribution in [2.24, 2.45) is 0 Å². The predicted octanol–water partition coefficient (Wildman–Crippen LogP) is 2.12. The molecule has 0 aliphatic carbocycles. The third kappa shape index (κ3) is 3.62. The molecule has 0 saturated heterocycles. The van der Waals surface area contributed by atoms with Gasteiger partial charge in [-0.25, -0.2) is 0 Å². The maximum Gasteiger partial charge on any atom is 0.100 e. The number of nitrogens with zero attached hydrogens (tertiary/aromatic N) is 1. The summed E-state index contributed by atoms with van der Waals surface area (Å²) in [6.45, 7) is 3.58. The third-order valence-electron chi connectivity index (χ3n) is 1.69. The molecule has 0 fully saturated rings. The normalized spacial score (nSPS) is 8.86. The molecule has 72 valence electrons. The Balaban J connectivity index is 2.24. The van der Waals surface area contributed by atoms with Crippen LogP contribution in [0.4, 0.5) is 0 Å². The highest BCUT2D eigenvalue weighted by Crippen LogP contribution is 2.12. The summed E-state index contributed by atoms with van der Waals surface area (Å²) in [5.41, 5.74) is 0.750. The molecule has 0 aromatic carbocycles. The monoisotopic (exact) mass is 204 g/mol. The summed E-state index contributed by atoms with van der Waals surface area (Å²) in [6, 6.07) is 4.04. The lowest BCUT2D eigenvalue weighted by molar-refractivity contribution is 0.708. The van der Waals surface area contributed by atoms with Crippen molar-refractivity contribution in [2.45, 2.75) is 19.9 Å². The summed E-state index contributed by atoms with van der Waals surface area (Å²) in [5.74, 6) is 5.84. The molecule has 0 radical (unpaired) electrons. The molecule has 0 amide bonds. The van der Waals surface area contributed by atoms with E-state index >= 15 is 0 Å². The van der Waals surface area contributed by atoms with Crippen LogP contribution < -0.4 is 5.32 Å². The molecule has 2 nitrogen and oxygen atoms in total. The molecule has 14 heavy (non-hydrogen) atoms. The van der Waals surface area contributed by atoms with Gasteiger partial charge in [0.15, 0.2) is 0 Å². The van der Waals surface area contributed by atoms with E-state index in [1.54, 1.807) is 11.3 Å². The highest BCUT2D eigenvalue weighted by atomic mass is 32.1. The molecular formula is C11H12N2S. The first-order valence-electron chi connectivity index (χ1n) is 4.44. The van der Waals surface area contributed by atoms with Gasteiger partial charge in [-0.1, -0.05) is 0 Å². The zero-order valence-electron chi connectivity index (χ0n) is 8.13. The van der Waals surface area contributed by atoms with Gasteiger partial charge in [0.1, 0.15) is 6.07 Å². The number of hydrogen-bond acceptors (Lipinski definition) is 3. The summed E-state index contributed by atoms with van der Waals surface area (Å²) in [5, 5.41) is 13.8. The molecule has 0 bridgehead atoms. The molecule has 0 unspecified atom stereocenters. The lowest BCUT2D eigenvalue weighted by Crippen LogP contribution is -2.13. The largest absolute Gasteiger partial charge is 0.311 e. The molecule has 0 spiro atoms. The van der Waals surface area contributed by atoms with E-state index in [1.165, 1.54) is 4.88 Å².